The van der Waals surface area contributed by atoms with Gasteiger partial charge in [-0.1, -0.05) is 175 Å². The van der Waals surface area contributed by atoms with Gasteiger partial charge >= 0.3 is 0 Å². The van der Waals surface area contributed by atoms with Gasteiger partial charge in [0.25, 0.3) is 0 Å². The Morgan fingerprint density at radius 2 is 0.973 bits per heavy atom. The number of rotatable bonds is 19. The molecule has 0 rings (SSSR count). The van der Waals surface area contributed by atoms with Crippen molar-refractivity contribution in [2.45, 2.75) is 173 Å². The van der Waals surface area contributed by atoms with Crippen LogP contribution >= 0.6 is 23.2 Å². The number of Topliss-reactive ketones (excluding diaryl/α,β-unsaturated/α-hetero) is 5. The minimum atomic E-state index is -0.351. The Morgan fingerprint density at radius 3 is 1.08 bits per heavy atom. The summed E-state index contributed by atoms with van der Waals surface area (Å²) in [6.07, 6.45) is 14.7. The summed E-state index contributed by atoms with van der Waals surface area (Å²) in [6, 6.07) is 0. The monoisotopic (exact) mass is 1090 g/mol. The van der Waals surface area contributed by atoms with Gasteiger partial charge in [0.05, 0.1) is 5.88 Å². The average Bonchev–Trinajstić information content (AvgIpc) is 3.31. The van der Waals surface area contributed by atoms with Gasteiger partial charge in [0.15, 0.2) is 28.9 Å². The van der Waals surface area contributed by atoms with Gasteiger partial charge in [0, 0.05) is 71.1 Å². The predicted molar refractivity (Wildman–Crippen MR) is 323 cm³/mol. The van der Waals surface area contributed by atoms with Gasteiger partial charge in [0.2, 0.25) is 11.6 Å². The molecule has 0 saturated heterocycles. The van der Waals surface area contributed by atoms with Gasteiger partial charge in [0.1, 0.15) is 11.6 Å². The number of nitrogens with zero attached hydrogens (tertiary/aromatic N) is 1. The summed E-state index contributed by atoms with van der Waals surface area (Å²) in [6.45, 7) is 54.1. The van der Waals surface area contributed by atoms with Crippen molar-refractivity contribution in [3.8, 4) is 24.2 Å². The molecule has 0 spiro atoms. The molecule has 75 heavy (non-hydrogen) atoms. The third-order valence-electron chi connectivity index (χ3n) is 8.68. The summed E-state index contributed by atoms with van der Waals surface area (Å²) < 4.78 is 0. The second kappa shape index (κ2) is 55.6. The lowest BCUT2D eigenvalue weighted by Crippen LogP contribution is -2.29. The van der Waals surface area contributed by atoms with Crippen LogP contribution in [0.25, 0.3) is 0 Å². The lowest BCUT2D eigenvalue weighted by atomic mass is 9.84. The number of carbonyl (C=O) groups excluding carboxylic acids is 9. The van der Waals surface area contributed by atoms with Gasteiger partial charge in [-0.15, -0.1) is 29.6 Å². The maximum Gasteiger partial charge on any atom is 0.207 e. The summed E-state index contributed by atoms with van der Waals surface area (Å²) >= 11 is 10.8. The molecule has 0 aromatic rings. The smallest absolute Gasteiger partial charge is 0.207 e. The first-order valence-corrected chi connectivity index (χ1v) is 26.7. The number of carbonyl (C=O) groups is 9. The molecular weight excluding hydrogens is 986 g/mol. The Bertz CT molecular complexity index is 1860. The maximum absolute atomic E-state index is 11.3. The SMILES string of the molecule is C#CC(=O)C(C)C.C/C=C/C(=O)C(C)C.C=C(C)C(=O)C(C)C.C=CC(=O)C(C)C.CC#CC(=O)C(C)C.CC(C)=CC(=O)C(C)C.CC(C)C(=O)/C=C/CN(C)C.CC(C)C(=O)C(C)(C)CCl.CC(C)C(=O)CCl. The highest BCUT2D eigenvalue weighted by Gasteiger charge is 2.28. The molecule has 0 amide bonds. The molecule has 0 fully saturated rings. The summed E-state index contributed by atoms with van der Waals surface area (Å²) in [7, 11) is 3.95. The fraction of sp³-hybridized carbons (Fsp3) is 0.635. The Hall–Kier alpha value is -4.61. The Morgan fingerprint density at radius 1 is 0.587 bits per heavy atom. The van der Waals surface area contributed by atoms with E-state index in [2.05, 4.69) is 25.0 Å². The van der Waals surface area contributed by atoms with Crippen molar-refractivity contribution < 1.29 is 43.2 Å². The fourth-order valence-corrected chi connectivity index (χ4v) is 3.98. The van der Waals surface area contributed by atoms with Crippen LogP contribution in [-0.2, 0) is 43.2 Å². The van der Waals surface area contributed by atoms with E-state index in [1.807, 2.05) is 176 Å². The molecule has 0 N–H and O–H groups in total. The van der Waals surface area contributed by atoms with Crippen LogP contribution in [0.15, 0.2) is 60.8 Å². The Labute approximate surface area is 470 Å². The zero-order chi connectivity index (χ0) is 62.1. The second-order valence-electron chi connectivity index (χ2n) is 21.0. The number of hydrogen-bond donors (Lipinski definition) is 0. The van der Waals surface area contributed by atoms with Crippen LogP contribution in [0, 0.1) is 82.9 Å². The van der Waals surface area contributed by atoms with Crippen LogP contribution in [0.5, 0.6) is 0 Å². The highest BCUT2D eigenvalue weighted by Crippen LogP contribution is 2.22. The van der Waals surface area contributed by atoms with Gasteiger partial charge in [-0.2, -0.15) is 0 Å². The van der Waals surface area contributed by atoms with Crippen molar-refractivity contribution in [1.29, 1.82) is 0 Å². The molecule has 0 aromatic heterocycles. The first-order chi connectivity index (χ1) is 33.9. The molecule has 0 aliphatic carbocycles. The molecule has 12 heteroatoms. The van der Waals surface area contributed by atoms with Crippen molar-refractivity contribution >= 4 is 75.3 Å². The van der Waals surface area contributed by atoms with Crippen LogP contribution in [0.1, 0.15) is 173 Å². The molecule has 0 aromatic carbocycles. The lowest BCUT2D eigenvalue weighted by molar-refractivity contribution is -0.129. The van der Waals surface area contributed by atoms with E-state index >= 15 is 0 Å². The van der Waals surface area contributed by atoms with E-state index in [-0.39, 0.29) is 117 Å². The van der Waals surface area contributed by atoms with Crippen molar-refractivity contribution in [3.05, 3.63) is 60.8 Å². The molecule has 0 bridgehead atoms. The normalized spacial score (nSPS) is 10.1. The number of likely N-dealkylation sites (N-methyl/N-ethyl adjacent to an activating group) is 1. The van der Waals surface area contributed by atoms with E-state index < -0.39 is 0 Å². The number of halogens is 2. The van der Waals surface area contributed by atoms with E-state index in [0.29, 0.717) is 11.5 Å². The van der Waals surface area contributed by atoms with Crippen molar-refractivity contribution in [1.82, 2.24) is 4.90 Å². The molecule has 10 nitrogen and oxygen atoms in total. The summed E-state index contributed by atoms with van der Waals surface area (Å²) in [5.41, 5.74) is 1.38. The van der Waals surface area contributed by atoms with Gasteiger partial charge in [-0.05, 0) is 90.4 Å². The summed E-state index contributed by atoms with van der Waals surface area (Å²) in [5, 5.41) is 0. The molecule has 0 atom stereocenters. The molecule has 0 unspecified atom stereocenters. The predicted octanol–water partition coefficient (Wildman–Crippen LogP) is 14.5. The van der Waals surface area contributed by atoms with Crippen molar-refractivity contribution in [3.63, 3.8) is 0 Å². The standard InChI is InChI=1S/C9H17NO.C8H15ClO.C8H14O.2C7H12O.C7H10O.C6H10O.C6H8O.C5H9ClO/c1-8(2)9(11)6-5-7-10(3)4;1-6(2)7(10)8(3,4)5-9;1-6(2)5-8(9)7(3)4;1-5(2)7(8)6(3)4;2*1-4-5-7(8)6(2)3;2*1-4-6(7)5(2)3;1-4(2)5(7)3-6/h5-6,8H,7H2,1-4H3;6H,5H2,1-4H3;5,7H,1-4H3;6H,1H2,2-4H3;4-6H,1-3H3;6H,1-3H3;4-5H,1H2,2-3H3;1,5H,2-3H3;4H,3H2,1-2H3/b6-5+;;;;5-4+;;;;. The molecule has 0 heterocycles. The maximum atomic E-state index is 11.3. The third kappa shape index (κ3) is 71.5. The van der Waals surface area contributed by atoms with Gasteiger partial charge < -0.3 is 4.90 Å². The molecule has 432 valence electrons. The summed E-state index contributed by atoms with van der Waals surface area (Å²) in [4.78, 5) is 98.2. The Kier molecular flexibility index (Phi) is 66.7. The zero-order valence-corrected chi connectivity index (χ0v) is 53.7. The molecule has 0 aliphatic heterocycles. The number of alkyl halides is 2. The minimum absolute atomic E-state index is 0.00926. The number of hydrogen-bond acceptors (Lipinski definition) is 10. The van der Waals surface area contributed by atoms with E-state index in [0.717, 1.165) is 12.1 Å². The van der Waals surface area contributed by atoms with Crippen LogP contribution < -0.4 is 0 Å². The average molecular weight is 1090 g/mol. The van der Waals surface area contributed by atoms with E-state index in [1.54, 1.807) is 52.0 Å². The zero-order valence-electron chi connectivity index (χ0n) is 52.2. The third-order valence-corrected chi connectivity index (χ3v) is 9.61. The fourth-order valence-electron chi connectivity index (χ4n) is 3.54. The molecule has 0 aliphatic rings. The van der Waals surface area contributed by atoms with E-state index in [4.69, 9.17) is 29.6 Å². The molecule has 0 saturated carbocycles. The van der Waals surface area contributed by atoms with Gasteiger partial charge in [-0.3, -0.25) is 43.2 Å². The quantitative estimate of drug-likeness (QED) is 0.0528. The number of ketones is 9. The van der Waals surface area contributed by atoms with Crippen LogP contribution in [0.4, 0.5) is 0 Å². The summed E-state index contributed by atoms with van der Waals surface area (Å²) in [5.74, 6) is 9.57. The number of terminal acetylenes is 1. The highest BCUT2D eigenvalue weighted by atomic mass is 35.5. The van der Waals surface area contributed by atoms with E-state index in [9.17, 15) is 43.2 Å². The van der Waals surface area contributed by atoms with E-state index in [1.165, 1.54) is 6.08 Å². The highest BCUT2D eigenvalue weighted by molar-refractivity contribution is 6.27. The van der Waals surface area contributed by atoms with Crippen LogP contribution in [0.2, 0.25) is 0 Å². The number of allylic oxidation sites excluding steroid dienone is 7. The van der Waals surface area contributed by atoms with Crippen LogP contribution in [-0.4, -0.2) is 89.3 Å². The van der Waals surface area contributed by atoms with Crippen molar-refractivity contribution in [2.24, 2.45) is 58.7 Å². The molecular formula is C63H107Cl2NO9. The topological polar surface area (TPSA) is 157 Å². The Balaban J connectivity index is -0.0000000937. The van der Waals surface area contributed by atoms with Crippen molar-refractivity contribution in [2.75, 3.05) is 32.4 Å². The largest absolute Gasteiger partial charge is 0.306 e. The second-order valence-corrected chi connectivity index (χ2v) is 21.5. The lowest BCUT2D eigenvalue weighted by Gasteiger charge is -2.21. The van der Waals surface area contributed by atoms with Gasteiger partial charge in [-0.25, -0.2) is 0 Å². The van der Waals surface area contributed by atoms with Crippen LogP contribution in [0.3, 0.4) is 0 Å². The first-order valence-electron chi connectivity index (χ1n) is 25.7. The first kappa shape index (κ1) is 89.9. The molecule has 0 radical (unpaired) electrons. The minimum Gasteiger partial charge on any atom is -0.306 e.